The molecule has 0 bridgehead atoms. The lowest BCUT2D eigenvalue weighted by Crippen LogP contribution is -2.39. The fourth-order valence-electron chi connectivity index (χ4n) is 2.12. The van der Waals surface area contributed by atoms with Gasteiger partial charge in [0.15, 0.2) is 5.96 Å². The molecule has 1 heterocycles. The molecule has 0 aromatic carbocycles. The van der Waals surface area contributed by atoms with Crippen LogP contribution in [-0.4, -0.2) is 49.1 Å². The third kappa shape index (κ3) is 8.05. The largest absolute Gasteiger partial charge is 0.469 e. The average Bonchev–Trinajstić information content (AvgIpc) is 2.80. The molecule has 1 N–H and O–H groups in total. The van der Waals surface area contributed by atoms with Crippen LogP contribution in [-0.2, 0) is 23.1 Å². The minimum absolute atomic E-state index is 0. The maximum Gasteiger partial charge on any atom is 0.305 e. The first-order valence-corrected chi connectivity index (χ1v) is 8.06. The number of hydrogen-bond donors (Lipinski definition) is 1. The van der Waals surface area contributed by atoms with Gasteiger partial charge in [0.2, 0.25) is 0 Å². The number of guanidine groups is 1. The van der Waals surface area contributed by atoms with Gasteiger partial charge in [0.1, 0.15) is 0 Å². The molecule has 0 aliphatic heterocycles. The molecular formula is C15H26BrIN4O2. The molecule has 0 saturated carbocycles. The van der Waals surface area contributed by atoms with E-state index in [0.717, 1.165) is 36.4 Å². The zero-order valence-electron chi connectivity index (χ0n) is 14.1. The van der Waals surface area contributed by atoms with Crippen LogP contribution in [0.1, 0.15) is 25.0 Å². The van der Waals surface area contributed by atoms with Gasteiger partial charge in [-0.2, -0.15) is 0 Å². The average molecular weight is 501 g/mol. The number of aromatic nitrogens is 1. The van der Waals surface area contributed by atoms with E-state index in [2.05, 4.69) is 46.5 Å². The predicted octanol–water partition coefficient (Wildman–Crippen LogP) is 2.76. The van der Waals surface area contributed by atoms with Gasteiger partial charge in [-0.25, -0.2) is 0 Å². The van der Waals surface area contributed by atoms with E-state index in [4.69, 9.17) is 0 Å². The molecule has 8 heteroatoms. The van der Waals surface area contributed by atoms with Crippen molar-refractivity contribution >= 4 is 51.8 Å². The van der Waals surface area contributed by atoms with E-state index in [9.17, 15) is 4.79 Å². The van der Waals surface area contributed by atoms with Crippen molar-refractivity contribution in [2.45, 2.75) is 25.8 Å². The highest BCUT2D eigenvalue weighted by Crippen LogP contribution is 2.14. The first-order valence-electron chi connectivity index (χ1n) is 7.27. The lowest BCUT2D eigenvalue weighted by Gasteiger charge is -2.22. The molecule has 0 unspecified atom stereocenters. The normalized spacial score (nSPS) is 10.9. The Kier molecular flexibility index (Phi) is 11.3. The molecule has 0 aliphatic rings. The van der Waals surface area contributed by atoms with Crippen molar-refractivity contribution in [2.75, 3.05) is 27.7 Å². The van der Waals surface area contributed by atoms with Gasteiger partial charge >= 0.3 is 5.97 Å². The summed E-state index contributed by atoms with van der Waals surface area (Å²) in [6.45, 7) is 1.55. The van der Waals surface area contributed by atoms with Gasteiger partial charge in [0.25, 0.3) is 0 Å². The molecule has 0 fully saturated rings. The van der Waals surface area contributed by atoms with Crippen LogP contribution in [0, 0.1) is 0 Å². The second-order valence-electron chi connectivity index (χ2n) is 5.12. The van der Waals surface area contributed by atoms with E-state index in [1.165, 1.54) is 12.8 Å². The summed E-state index contributed by atoms with van der Waals surface area (Å²) in [5.41, 5.74) is 1.20. The van der Waals surface area contributed by atoms with Crippen LogP contribution in [0.25, 0.3) is 0 Å². The van der Waals surface area contributed by atoms with E-state index in [0.29, 0.717) is 6.42 Å². The molecule has 0 spiro atoms. The number of carbonyl (C=O) groups is 1. The summed E-state index contributed by atoms with van der Waals surface area (Å²) in [6.07, 6.45) is 4.21. The topological polar surface area (TPSA) is 58.9 Å². The number of hydrogen-bond acceptors (Lipinski definition) is 3. The molecule has 0 amide bonds. The fraction of sp³-hybridized carbons (Fsp3) is 0.600. The van der Waals surface area contributed by atoms with Crippen LogP contribution in [0.5, 0.6) is 0 Å². The molecule has 132 valence electrons. The highest BCUT2D eigenvalue weighted by atomic mass is 127. The Morgan fingerprint density at radius 2 is 2.17 bits per heavy atom. The van der Waals surface area contributed by atoms with Crippen molar-refractivity contribution in [1.82, 2.24) is 14.8 Å². The number of unbranched alkanes of at least 4 members (excludes halogenated alkanes) is 1. The summed E-state index contributed by atoms with van der Waals surface area (Å²) in [5, 5.41) is 3.31. The molecule has 6 nitrogen and oxygen atoms in total. The number of rotatable bonds is 7. The van der Waals surface area contributed by atoms with Gasteiger partial charge in [-0.3, -0.25) is 9.79 Å². The van der Waals surface area contributed by atoms with Crippen LogP contribution in [0.3, 0.4) is 0 Å². The number of nitrogens with one attached hydrogen (secondary N) is 1. The minimum atomic E-state index is -0.157. The maximum atomic E-state index is 11.0. The molecular weight excluding hydrogens is 475 g/mol. The van der Waals surface area contributed by atoms with Crippen LogP contribution >= 0.6 is 39.9 Å². The number of esters is 1. The summed E-state index contributed by atoms with van der Waals surface area (Å²) in [4.78, 5) is 17.4. The summed E-state index contributed by atoms with van der Waals surface area (Å²) < 4.78 is 7.78. The highest BCUT2D eigenvalue weighted by Gasteiger charge is 2.09. The van der Waals surface area contributed by atoms with Crippen LogP contribution < -0.4 is 5.32 Å². The van der Waals surface area contributed by atoms with Gasteiger partial charge in [-0.15, -0.1) is 24.0 Å². The first kappa shape index (κ1) is 22.2. The number of aryl methyl sites for hydroxylation is 1. The molecule has 0 saturated heterocycles. The van der Waals surface area contributed by atoms with Gasteiger partial charge < -0.3 is 19.5 Å². The van der Waals surface area contributed by atoms with Crippen molar-refractivity contribution in [3.8, 4) is 0 Å². The Balaban J connectivity index is 0.00000484. The summed E-state index contributed by atoms with van der Waals surface area (Å²) in [6, 6.07) is 2.10. The van der Waals surface area contributed by atoms with Gasteiger partial charge in [-0.05, 0) is 34.8 Å². The van der Waals surface area contributed by atoms with Crippen molar-refractivity contribution < 1.29 is 9.53 Å². The molecule has 0 radical (unpaired) electrons. The molecule has 1 aromatic heterocycles. The SMILES string of the molecule is CN=C(NCCCCC(=O)OC)N(C)Cc1cc(Br)cn1C.I. The number of carbonyl (C=O) groups excluding carboxylic acids is 1. The summed E-state index contributed by atoms with van der Waals surface area (Å²) >= 11 is 3.48. The lowest BCUT2D eigenvalue weighted by molar-refractivity contribution is -0.140. The summed E-state index contributed by atoms with van der Waals surface area (Å²) in [7, 11) is 7.22. The summed E-state index contributed by atoms with van der Waals surface area (Å²) in [5.74, 6) is 0.686. The Morgan fingerprint density at radius 3 is 2.70 bits per heavy atom. The van der Waals surface area contributed by atoms with E-state index in [-0.39, 0.29) is 29.9 Å². The lowest BCUT2D eigenvalue weighted by atomic mass is 10.2. The second-order valence-corrected chi connectivity index (χ2v) is 6.04. The zero-order valence-corrected chi connectivity index (χ0v) is 18.1. The maximum absolute atomic E-state index is 11.0. The fourth-order valence-corrected chi connectivity index (χ4v) is 2.69. The molecule has 1 rings (SSSR count). The third-order valence-corrected chi connectivity index (χ3v) is 3.80. The van der Waals surface area contributed by atoms with Gasteiger partial charge in [-0.1, -0.05) is 0 Å². The number of ether oxygens (including phenoxy) is 1. The molecule has 23 heavy (non-hydrogen) atoms. The molecule has 0 aliphatic carbocycles. The van der Waals surface area contributed by atoms with Gasteiger partial charge in [0, 0.05) is 50.5 Å². The third-order valence-electron chi connectivity index (χ3n) is 3.37. The van der Waals surface area contributed by atoms with E-state index in [1.807, 2.05) is 20.3 Å². The van der Waals surface area contributed by atoms with Gasteiger partial charge in [0.05, 0.1) is 13.7 Å². The number of methoxy groups -OCH3 is 1. The Morgan fingerprint density at radius 1 is 1.48 bits per heavy atom. The number of nitrogens with zero attached hydrogens (tertiary/aromatic N) is 3. The molecule has 1 aromatic rings. The predicted molar refractivity (Wildman–Crippen MR) is 107 cm³/mol. The van der Waals surface area contributed by atoms with Crippen molar-refractivity contribution in [1.29, 1.82) is 0 Å². The highest BCUT2D eigenvalue weighted by molar-refractivity contribution is 14.0. The quantitative estimate of drug-likeness (QED) is 0.205. The first-order chi connectivity index (χ1) is 10.5. The second kappa shape index (κ2) is 11.7. The number of halogens is 2. The molecule has 0 atom stereocenters. The zero-order chi connectivity index (χ0) is 16.5. The Hall–Kier alpha value is -0.770. The monoisotopic (exact) mass is 500 g/mol. The van der Waals surface area contributed by atoms with Crippen molar-refractivity contribution in [3.63, 3.8) is 0 Å². The number of aliphatic imine (C=N–C) groups is 1. The van der Waals surface area contributed by atoms with Crippen molar-refractivity contribution in [2.24, 2.45) is 12.0 Å². The standard InChI is InChI=1S/C15H25BrN4O2.HI/c1-17-15(18-8-6-5-7-14(21)22-4)20(3)11-13-9-12(16)10-19(13)2;/h9-10H,5-8,11H2,1-4H3,(H,17,18);1H. The van der Waals surface area contributed by atoms with E-state index < -0.39 is 0 Å². The minimum Gasteiger partial charge on any atom is -0.469 e. The van der Waals surface area contributed by atoms with E-state index in [1.54, 1.807) is 7.05 Å². The van der Waals surface area contributed by atoms with Crippen molar-refractivity contribution in [3.05, 3.63) is 22.4 Å². The van der Waals surface area contributed by atoms with E-state index >= 15 is 0 Å². The Labute approximate surface area is 163 Å². The Bertz CT molecular complexity index is 520. The van der Waals surface area contributed by atoms with Crippen LogP contribution in [0.4, 0.5) is 0 Å². The smallest absolute Gasteiger partial charge is 0.305 e. The van der Waals surface area contributed by atoms with Crippen LogP contribution in [0.15, 0.2) is 21.7 Å². The van der Waals surface area contributed by atoms with Crippen LogP contribution in [0.2, 0.25) is 0 Å².